The first-order chi connectivity index (χ1) is 9.84. The fourth-order valence-corrected chi connectivity index (χ4v) is 2.36. The molecule has 1 atom stereocenters. The van der Waals surface area contributed by atoms with Crippen molar-refractivity contribution in [1.29, 1.82) is 0 Å². The van der Waals surface area contributed by atoms with Gasteiger partial charge in [-0.2, -0.15) is 13.2 Å². The molecule has 1 unspecified atom stereocenters. The van der Waals surface area contributed by atoms with Gasteiger partial charge >= 0.3 is 6.18 Å². The lowest BCUT2D eigenvalue weighted by atomic mass is 9.97. The van der Waals surface area contributed by atoms with Gasteiger partial charge in [-0.15, -0.1) is 0 Å². The molecule has 2 nitrogen and oxygen atoms in total. The molecule has 0 amide bonds. The van der Waals surface area contributed by atoms with Crippen LogP contribution in [0.1, 0.15) is 28.3 Å². The number of halogens is 4. The van der Waals surface area contributed by atoms with Gasteiger partial charge in [0.2, 0.25) is 0 Å². The summed E-state index contributed by atoms with van der Waals surface area (Å²) in [5.41, 5.74) is 4.11. The average Bonchev–Trinajstić information content (AvgIpc) is 2.44. The largest absolute Gasteiger partial charge is 0.416 e. The number of benzene rings is 2. The Morgan fingerprint density at radius 2 is 1.71 bits per heavy atom. The van der Waals surface area contributed by atoms with Gasteiger partial charge in [-0.25, -0.2) is 5.43 Å². The SMILES string of the molecule is Cc1cccc(C(NN)c2ccc(C(F)(F)F)cc2)c1Cl. The molecule has 2 aromatic carbocycles. The standard InChI is InChI=1S/C15H14ClF3N2/c1-9-3-2-4-12(13(9)16)14(21-20)10-5-7-11(8-6-10)15(17,18)19/h2-8,14,21H,20H2,1H3. The van der Waals surface area contributed by atoms with Crippen LogP contribution in [0, 0.1) is 6.92 Å². The minimum Gasteiger partial charge on any atom is -0.271 e. The molecule has 112 valence electrons. The van der Waals surface area contributed by atoms with E-state index in [1.165, 1.54) is 12.1 Å². The van der Waals surface area contributed by atoms with Crippen molar-refractivity contribution >= 4 is 11.6 Å². The van der Waals surface area contributed by atoms with Crippen LogP contribution in [0.5, 0.6) is 0 Å². The molecule has 0 fully saturated rings. The van der Waals surface area contributed by atoms with E-state index in [1.807, 2.05) is 19.1 Å². The number of nitrogens with one attached hydrogen (secondary N) is 1. The molecule has 21 heavy (non-hydrogen) atoms. The Morgan fingerprint density at radius 1 is 1.10 bits per heavy atom. The van der Waals surface area contributed by atoms with Gasteiger partial charge in [0, 0.05) is 5.02 Å². The molecule has 0 saturated carbocycles. The van der Waals surface area contributed by atoms with Crippen molar-refractivity contribution in [3.8, 4) is 0 Å². The lowest BCUT2D eigenvalue weighted by Crippen LogP contribution is -2.29. The minimum atomic E-state index is -4.36. The van der Waals surface area contributed by atoms with Gasteiger partial charge in [-0.1, -0.05) is 41.9 Å². The molecule has 3 N–H and O–H groups in total. The highest BCUT2D eigenvalue weighted by Crippen LogP contribution is 2.33. The average molecular weight is 315 g/mol. The van der Waals surface area contributed by atoms with Gasteiger partial charge in [-0.3, -0.25) is 5.84 Å². The van der Waals surface area contributed by atoms with E-state index in [-0.39, 0.29) is 0 Å². The summed E-state index contributed by atoms with van der Waals surface area (Å²) in [6, 6.07) is 9.85. The van der Waals surface area contributed by atoms with Gasteiger partial charge in [0.05, 0.1) is 11.6 Å². The van der Waals surface area contributed by atoms with E-state index in [2.05, 4.69) is 5.43 Å². The molecule has 0 aromatic heterocycles. The van der Waals surface area contributed by atoms with Gasteiger partial charge in [0.15, 0.2) is 0 Å². The van der Waals surface area contributed by atoms with Crippen LogP contribution in [0.25, 0.3) is 0 Å². The zero-order valence-corrected chi connectivity index (χ0v) is 12.0. The van der Waals surface area contributed by atoms with Crippen LogP contribution < -0.4 is 11.3 Å². The number of nitrogens with two attached hydrogens (primary N) is 1. The van der Waals surface area contributed by atoms with E-state index in [9.17, 15) is 13.2 Å². The highest BCUT2D eigenvalue weighted by Gasteiger charge is 2.30. The summed E-state index contributed by atoms with van der Waals surface area (Å²) in [5.74, 6) is 5.55. The van der Waals surface area contributed by atoms with Crippen LogP contribution in [0.15, 0.2) is 42.5 Å². The van der Waals surface area contributed by atoms with Crippen molar-refractivity contribution in [3.05, 3.63) is 69.7 Å². The molecule has 0 aliphatic carbocycles. The van der Waals surface area contributed by atoms with Gasteiger partial charge < -0.3 is 0 Å². The fraction of sp³-hybridized carbons (Fsp3) is 0.200. The smallest absolute Gasteiger partial charge is 0.271 e. The molecular formula is C15H14ClF3N2. The Bertz CT molecular complexity index is 624. The van der Waals surface area contributed by atoms with E-state index >= 15 is 0 Å². The molecule has 0 bridgehead atoms. The Balaban J connectivity index is 2.40. The summed E-state index contributed by atoms with van der Waals surface area (Å²) in [4.78, 5) is 0. The first-order valence-electron chi connectivity index (χ1n) is 6.23. The monoisotopic (exact) mass is 314 g/mol. The predicted molar refractivity (Wildman–Crippen MR) is 76.8 cm³/mol. The third-order valence-electron chi connectivity index (χ3n) is 3.27. The third kappa shape index (κ3) is 3.37. The molecule has 0 heterocycles. The summed E-state index contributed by atoms with van der Waals surface area (Å²) < 4.78 is 37.7. The molecular weight excluding hydrogens is 301 g/mol. The van der Waals surface area contributed by atoms with E-state index in [0.29, 0.717) is 10.6 Å². The van der Waals surface area contributed by atoms with E-state index in [1.54, 1.807) is 6.07 Å². The second kappa shape index (κ2) is 6.05. The van der Waals surface area contributed by atoms with Crippen LogP contribution in [-0.2, 0) is 6.18 Å². The van der Waals surface area contributed by atoms with Gasteiger partial charge in [-0.05, 0) is 35.7 Å². The van der Waals surface area contributed by atoms with Crippen molar-refractivity contribution < 1.29 is 13.2 Å². The number of hydrogen-bond acceptors (Lipinski definition) is 2. The fourth-order valence-electron chi connectivity index (χ4n) is 2.12. The number of alkyl halides is 3. The maximum atomic E-state index is 12.6. The summed E-state index contributed by atoms with van der Waals surface area (Å²) in [7, 11) is 0. The summed E-state index contributed by atoms with van der Waals surface area (Å²) in [6.45, 7) is 1.85. The highest BCUT2D eigenvalue weighted by atomic mass is 35.5. The zero-order chi connectivity index (χ0) is 15.6. The molecule has 2 rings (SSSR count). The topological polar surface area (TPSA) is 38.0 Å². The second-order valence-electron chi connectivity index (χ2n) is 4.70. The molecule has 0 radical (unpaired) electrons. The predicted octanol–water partition coefficient (Wildman–Crippen LogP) is 4.22. The molecule has 0 spiro atoms. The second-order valence-corrected chi connectivity index (χ2v) is 5.08. The van der Waals surface area contributed by atoms with Crippen LogP contribution in [0.2, 0.25) is 5.02 Å². The van der Waals surface area contributed by atoms with Crippen LogP contribution >= 0.6 is 11.6 Å². The van der Waals surface area contributed by atoms with Crippen molar-refractivity contribution in [2.45, 2.75) is 19.1 Å². The number of hydrazine groups is 1. The van der Waals surface area contributed by atoms with E-state index in [4.69, 9.17) is 17.4 Å². The first kappa shape index (κ1) is 15.8. The van der Waals surface area contributed by atoms with Crippen molar-refractivity contribution in [2.24, 2.45) is 5.84 Å². The van der Waals surface area contributed by atoms with Gasteiger partial charge in [0.1, 0.15) is 0 Å². The van der Waals surface area contributed by atoms with Gasteiger partial charge in [0.25, 0.3) is 0 Å². The zero-order valence-electron chi connectivity index (χ0n) is 11.2. The molecule has 0 aliphatic heterocycles. The van der Waals surface area contributed by atoms with Crippen LogP contribution in [-0.4, -0.2) is 0 Å². The summed E-state index contributed by atoms with van der Waals surface area (Å²) in [5, 5.41) is 0.542. The normalized spacial score (nSPS) is 13.2. The highest BCUT2D eigenvalue weighted by molar-refractivity contribution is 6.32. The quantitative estimate of drug-likeness (QED) is 0.657. The molecule has 0 aliphatic rings. The maximum Gasteiger partial charge on any atom is 0.416 e. The summed E-state index contributed by atoms with van der Waals surface area (Å²) in [6.07, 6.45) is -4.36. The van der Waals surface area contributed by atoms with E-state index < -0.39 is 17.8 Å². The van der Waals surface area contributed by atoms with Crippen molar-refractivity contribution in [2.75, 3.05) is 0 Å². The Kier molecular flexibility index (Phi) is 4.56. The van der Waals surface area contributed by atoms with Crippen molar-refractivity contribution in [3.63, 3.8) is 0 Å². The lowest BCUT2D eigenvalue weighted by molar-refractivity contribution is -0.137. The Hall–Kier alpha value is -1.56. The first-order valence-corrected chi connectivity index (χ1v) is 6.60. The maximum absolute atomic E-state index is 12.6. The van der Waals surface area contributed by atoms with Crippen LogP contribution in [0.4, 0.5) is 13.2 Å². The van der Waals surface area contributed by atoms with Crippen LogP contribution in [0.3, 0.4) is 0 Å². The molecule has 6 heteroatoms. The Morgan fingerprint density at radius 3 is 2.24 bits per heavy atom. The van der Waals surface area contributed by atoms with E-state index in [0.717, 1.165) is 23.3 Å². The number of rotatable bonds is 3. The summed E-state index contributed by atoms with van der Waals surface area (Å²) >= 11 is 6.24. The number of aryl methyl sites for hydroxylation is 1. The molecule has 2 aromatic rings. The number of hydrogen-bond donors (Lipinski definition) is 2. The molecule has 0 saturated heterocycles. The Labute approximate surface area is 125 Å². The lowest BCUT2D eigenvalue weighted by Gasteiger charge is -2.19. The van der Waals surface area contributed by atoms with Crippen molar-refractivity contribution in [1.82, 2.24) is 5.43 Å². The minimum absolute atomic E-state index is 0.473. The third-order valence-corrected chi connectivity index (χ3v) is 3.79.